The van der Waals surface area contributed by atoms with Gasteiger partial charge in [-0.15, -0.1) is 10.2 Å². The average molecular weight is 529 g/mol. The molecule has 0 saturated heterocycles. The number of ketones is 1. The minimum atomic E-state index is 0.0512. The highest BCUT2D eigenvalue weighted by molar-refractivity contribution is 9.10. The van der Waals surface area contributed by atoms with E-state index in [1.165, 1.54) is 11.8 Å². The van der Waals surface area contributed by atoms with E-state index in [1.54, 1.807) is 0 Å². The van der Waals surface area contributed by atoms with Crippen molar-refractivity contribution in [2.75, 3.05) is 5.75 Å². The number of hydrogen-bond acceptors (Lipinski definition) is 4. The van der Waals surface area contributed by atoms with Gasteiger partial charge >= 0.3 is 0 Å². The van der Waals surface area contributed by atoms with Crippen molar-refractivity contribution >= 4 is 49.4 Å². The number of carbonyl (C=O) groups excluding carboxylic acids is 1. The minimum Gasteiger partial charge on any atom is -0.293 e. The molecule has 0 aliphatic carbocycles. The molecule has 0 spiro atoms. The topological polar surface area (TPSA) is 47.8 Å². The van der Waals surface area contributed by atoms with Crippen LogP contribution < -0.4 is 0 Å². The van der Waals surface area contributed by atoms with Crippen LogP contribution in [-0.2, 0) is 0 Å². The van der Waals surface area contributed by atoms with E-state index in [0.717, 1.165) is 26.0 Å². The summed E-state index contributed by atoms with van der Waals surface area (Å²) in [4.78, 5) is 12.6. The summed E-state index contributed by atoms with van der Waals surface area (Å²) in [6.07, 6.45) is 0. The lowest BCUT2D eigenvalue weighted by molar-refractivity contribution is 0.102. The number of carbonyl (C=O) groups is 1. The van der Waals surface area contributed by atoms with Crippen molar-refractivity contribution < 1.29 is 4.79 Å². The van der Waals surface area contributed by atoms with Crippen molar-refractivity contribution in [3.63, 3.8) is 0 Å². The highest BCUT2D eigenvalue weighted by Crippen LogP contribution is 2.29. The molecule has 0 unspecified atom stereocenters. The van der Waals surface area contributed by atoms with E-state index >= 15 is 0 Å². The fourth-order valence-corrected chi connectivity index (χ4v) is 4.18. The maximum atomic E-state index is 12.6. The van der Waals surface area contributed by atoms with E-state index in [1.807, 2.05) is 83.4 Å². The Morgan fingerprint density at radius 1 is 0.828 bits per heavy atom. The van der Waals surface area contributed by atoms with Crippen LogP contribution in [0.1, 0.15) is 10.4 Å². The summed E-state index contributed by atoms with van der Waals surface area (Å²) in [5.74, 6) is 1.07. The molecule has 0 aliphatic rings. The molecule has 0 N–H and O–H groups in total. The van der Waals surface area contributed by atoms with Crippen molar-refractivity contribution in [3.8, 4) is 17.1 Å². The fraction of sp³-hybridized carbons (Fsp3) is 0.0455. The van der Waals surface area contributed by atoms with Gasteiger partial charge in [0.1, 0.15) is 0 Å². The van der Waals surface area contributed by atoms with Crippen molar-refractivity contribution in [2.45, 2.75) is 5.16 Å². The van der Waals surface area contributed by atoms with Crippen molar-refractivity contribution in [1.29, 1.82) is 0 Å². The lowest BCUT2D eigenvalue weighted by atomic mass is 10.2. The standard InChI is InChI=1S/C22H15Br2N3OS/c23-17-10-6-15(7-11-17)20(28)14-29-22-26-25-21(16-8-12-18(24)13-9-16)27(22)19-4-2-1-3-5-19/h1-13H,14H2. The maximum Gasteiger partial charge on any atom is 0.196 e. The van der Waals surface area contributed by atoms with Crippen LogP contribution in [0.3, 0.4) is 0 Å². The molecule has 0 bridgehead atoms. The van der Waals surface area contributed by atoms with E-state index in [0.29, 0.717) is 10.7 Å². The third kappa shape index (κ3) is 4.69. The first-order chi connectivity index (χ1) is 14.1. The summed E-state index contributed by atoms with van der Waals surface area (Å²) in [5.41, 5.74) is 2.59. The largest absolute Gasteiger partial charge is 0.293 e. The van der Waals surface area contributed by atoms with Crippen LogP contribution in [0.2, 0.25) is 0 Å². The molecule has 4 aromatic rings. The number of para-hydroxylation sites is 1. The number of hydrogen-bond donors (Lipinski definition) is 0. The number of rotatable bonds is 6. The van der Waals surface area contributed by atoms with Crippen LogP contribution in [0.15, 0.2) is 93.0 Å². The van der Waals surface area contributed by atoms with Gasteiger partial charge in [-0.1, -0.05) is 86.1 Å². The molecule has 0 atom stereocenters. The zero-order chi connectivity index (χ0) is 20.2. The van der Waals surface area contributed by atoms with Gasteiger partial charge in [-0.05, 0) is 36.4 Å². The Labute approximate surface area is 189 Å². The lowest BCUT2D eigenvalue weighted by Gasteiger charge is -2.10. The summed E-state index contributed by atoms with van der Waals surface area (Å²) in [6.45, 7) is 0. The third-order valence-electron chi connectivity index (χ3n) is 4.25. The molecular formula is C22H15Br2N3OS. The Balaban J connectivity index is 1.65. The summed E-state index contributed by atoms with van der Waals surface area (Å²) < 4.78 is 3.94. The fourth-order valence-electron chi connectivity index (χ4n) is 2.81. The second-order valence-corrected chi connectivity index (χ2v) is 8.98. The second kappa shape index (κ2) is 9.07. The lowest BCUT2D eigenvalue weighted by Crippen LogP contribution is -2.05. The Morgan fingerprint density at radius 2 is 1.45 bits per heavy atom. The summed E-state index contributed by atoms with van der Waals surface area (Å²) in [5, 5.41) is 9.47. The number of Topliss-reactive ketones (excluding diaryl/α,β-unsaturated/α-hetero) is 1. The van der Waals surface area contributed by atoms with E-state index in [9.17, 15) is 4.79 Å². The van der Waals surface area contributed by atoms with Gasteiger partial charge < -0.3 is 0 Å². The van der Waals surface area contributed by atoms with Gasteiger partial charge in [-0.3, -0.25) is 9.36 Å². The van der Waals surface area contributed by atoms with Crippen LogP contribution in [0, 0.1) is 0 Å². The van der Waals surface area contributed by atoms with Gasteiger partial charge in [-0.2, -0.15) is 0 Å². The first-order valence-corrected chi connectivity index (χ1v) is 11.4. The second-order valence-electron chi connectivity index (χ2n) is 6.20. The molecule has 144 valence electrons. The number of nitrogens with zero attached hydrogens (tertiary/aromatic N) is 3. The van der Waals surface area contributed by atoms with Gasteiger partial charge in [0.2, 0.25) is 0 Å². The smallest absolute Gasteiger partial charge is 0.196 e. The van der Waals surface area contributed by atoms with E-state index in [2.05, 4.69) is 42.1 Å². The first-order valence-electron chi connectivity index (χ1n) is 8.80. The predicted octanol–water partition coefficient (Wildman–Crippen LogP) is 6.43. The molecule has 29 heavy (non-hydrogen) atoms. The zero-order valence-electron chi connectivity index (χ0n) is 15.1. The summed E-state index contributed by atoms with van der Waals surface area (Å²) in [7, 11) is 0. The van der Waals surface area contributed by atoms with Crippen LogP contribution in [0.4, 0.5) is 0 Å². The van der Waals surface area contributed by atoms with E-state index in [-0.39, 0.29) is 11.5 Å². The molecule has 4 rings (SSSR count). The summed E-state index contributed by atoms with van der Waals surface area (Å²) in [6, 6.07) is 25.3. The van der Waals surface area contributed by atoms with E-state index < -0.39 is 0 Å². The highest BCUT2D eigenvalue weighted by Gasteiger charge is 2.17. The van der Waals surface area contributed by atoms with Crippen LogP contribution >= 0.6 is 43.6 Å². The number of aromatic nitrogens is 3. The van der Waals surface area contributed by atoms with Crippen LogP contribution in [-0.4, -0.2) is 26.3 Å². The van der Waals surface area contributed by atoms with E-state index in [4.69, 9.17) is 0 Å². The molecular weight excluding hydrogens is 514 g/mol. The Morgan fingerprint density at radius 3 is 2.10 bits per heavy atom. The van der Waals surface area contributed by atoms with Gasteiger partial charge in [0.15, 0.2) is 16.8 Å². The van der Waals surface area contributed by atoms with Gasteiger partial charge in [0.05, 0.1) is 5.75 Å². The van der Waals surface area contributed by atoms with Crippen molar-refractivity contribution in [1.82, 2.24) is 14.8 Å². The summed E-state index contributed by atoms with van der Waals surface area (Å²) >= 11 is 8.25. The SMILES string of the molecule is O=C(CSc1nnc(-c2ccc(Br)cc2)n1-c1ccccc1)c1ccc(Br)cc1. The molecule has 3 aromatic carbocycles. The molecule has 0 fully saturated rings. The van der Waals surface area contributed by atoms with Gasteiger partial charge in [-0.25, -0.2) is 0 Å². The molecule has 7 heteroatoms. The number of benzene rings is 3. The first kappa shape index (κ1) is 20.1. The van der Waals surface area contributed by atoms with Crippen molar-refractivity contribution in [2.24, 2.45) is 0 Å². The zero-order valence-corrected chi connectivity index (χ0v) is 19.1. The monoisotopic (exact) mass is 527 g/mol. The number of halogens is 2. The van der Waals surface area contributed by atoms with Crippen LogP contribution in [0.25, 0.3) is 17.1 Å². The van der Waals surface area contributed by atoms with Crippen molar-refractivity contribution in [3.05, 3.63) is 93.4 Å². The molecule has 1 aromatic heterocycles. The molecule has 1 heterocycles. The quantitative estimate of drug-likeness (QED) is 0.213. The van der Waals surface area contributed by atoms with Gasteiger partial charge in [0, 0.05) is 25.8 Å². The Kier molecular flexibility index (Phi) is 6.28. The minimum absolute atomic E-state index is 0.0512. The van der Waals surface area contributed by atoms with Gasteiger partial charge in [0.25, 0.3) is 0 Å². The molecule has 4 nitrogen and oxygen atoms in total. The van der Waals surface area contributed by atoms with Crippen LogP contribution in [0.5, 0.6) is 0 Å². The predicted molar refractivity (Wildman–Crippen MR) is 124 cm³/mol. The molecule has 0 radical (unpaired) electrons. The normalized spacial score (nSPS) is 10.8. The Hall–Kier alpha value is -2.22. The maximum absolute atomic E-state index is 12.6. The molecule has 0 amide bonds. The highest BCUT2D eigenvalue weighted by atomic mass is 79.9. The molecule has 0 saturated carbocycles. The number of thioether (sulfide) groups is 1. The molecule has 0 aliphatic heterocycles. The third-order valence-corrected chi connectivity index (χ3v) is 6.24. The average Bonchev–Trinajstić information content (AvgIpc) is 3.17. The Bertz CT molecular complexity index is 1130.